The highest BCUT2D eigenvalue weighted by molar-refractivity contribution is 6.35. The predicted octanol–water partition coefficient (Wildman–Crippen LogP) is 2.57. The number of primary amides is 1. The highest BCUT2D eigenvalue weighted by atomic mass is 35.5. The number of nitrogens with zero attached hydrogens (tertiary/aromatic N) is 1. The molecule has 2 aromatic rings. The third-order valence-corrected chi connectivity index (χ3v) is 5.37. The van der Waals surface area contributed by atoms with Crippen molar-refractivity contribution in [1.82, 2.24) is 10.3 Å². The van der Waals surface area contributed by atoms with Gasteiger partial charge in [0.2, 0.25) is 11.7 Å². The van der Waals surface area contributed by atoms with Crippen molar-refractivity contribution in [2.75, 3.05) is 12.3 Å². The van der Waals surface area contributed by atoms with Gasteiger partial charge in [-0.25, -0.2) is 4.39 Å². The Balaban J connectivity index is 1.87. The second-order valence-electron chi connectivity index (χ2n) is 7.32. The summed E-state index contributed by atoms with van der Waals surface area (Å²) in [4.78, 5) is 27.8. The fourth-order valence-corrected chi connectivity index (χ4v) is 3.51. The van der Waals surface area contributed by atoms with Crippen LogP contribution in [0.1, 0.15) is 47.8 Å². The molecule has 1 saturated carbocycles. The first-order valence-electron chi connectivity index (χ1n) is 9.00. The molecule has 28 heavy (non-hydrogen) atoms. The molecule has 1 atom stereocenters. The van der Waals surface area contributed by atoms with Gasteiger partial charge in [0.25, 0.3) is 0 Å². The van der Waals surface area contributed by atoms with E-state index in [0.717, 1.165) is 12.8 Å². The lowest BCUT2D eigenvalue weighted by atomic mass is 9.91. The normalized spacial score (nSPS) is 15.8. The van der Waals surface area contributed by atoms with Gasteiger partial charge < -0.3 is 16.8 Å². The van der Waals surface area contributed by atoms with Crippen molar-refractivity contribution in [3.05, 3.63) is 58.1 Å². The van der Waals surface area contributed by atoms with Crippen LogP contribution >= 0.6 is 11.6 Å². The maximum atomic E-state index is 15.4. The SMILES string of the molecule is C[C@@H](CC(N)=O)NCC1(c2ccc(Cl)c(C(=O)c3ccc(N)cn3)c2F)CC1. The van der Waals surface area contributed by atoms with Crippen LogP contribution in [-0.4, -0.2) is 29.3 Å². The Kier molecular flexibility index (Phi) is 5.67. The molecule has 0 radical (unpaired) electrons. The Bertz CT molecular complexity index is 913. The fourth-order valence-electron chi connectivity index (χ4n) is 3.27. The Morgan fingerprint density at radius 1 is 1.32 bits per heavy atom. The molecule has 0 spiro atoms. The minimum absolute atomic E-state index is 0.0377. The number of benzene rings is 1. The number of halogens is 2. The molecule has 148 valence electrons. The molecule has 1 amide bonds. The number of hydrogen-bond acceptors (Lipinski definition) is 5. The third-order valence-electron chi connectivity index (χ3n) is 5.06. The summed E-state index contributed by atoms with van der Waals surface area (Å²) in [6.07, 6.45) is 3.09. The molecule has 0 bridgehead atoms. The Hall–Kier alpha value is -2.51. The third kappa shape index (κ3) is 4.15. The number of nitrogen functional groups attached to an aromatic ring is 1. The number of carbonyl (C=O) groups is 2. The highest BCUT2D eigenvalue weighted by Crippen LogP contribution is 2.49. The van der Waals surface area contributed by atoms with E-state index in [1.165, 1.54) is 24.4 Å². The van der Waals surface area contributed by atoms with E-state index in [2.05, 4.69) is 10.3 Å². The topological polar surface area (TPSA) is 111 Å². The molecule has 1 aromatic carbocycles. The summed E-state index contributed by atoms with van der Waals surface area (Å²) in [6, 6.07) is 6.02. The molecule has 6 nitrogen and oxygen atoms in total. The minimum Gasteiger partial charge on any atom is -0.397 e. The fraction of sp³-hybridized carbons (Fsp3) is 0.350. The molecular weight excluding hydrogens is 383 g/mol. The number of aromatic nitrogens is 1. The summed E-state index contributed by atoms with van der Waals surface area (Å²) < 4.78 is 15.4. The molecule has 0 saturated heterocycles. The lowest BCUT2D eigenvalue weighted by Gasteiger charge is -2.21. The number of pyridine rings is 1. The number of carbonyl (C=O) groups excluding carboxylic acids is 2. The first-order chi connectivity index (χ1) is 13.2. The van der Waals surface area contributed by atoms with E-state index in [4.69, 9.17) is 23.1 Å². The van der Waals surface area contributed by atoms with Crippen molar-refractivity contribution in [1.29, 1.82) is 0 Å². The van der Waals surface area contributed by atoms with Gasteiger partial charge in [-0.1, -0.05) is 17.7 Å². The van der Waals surface area contributed by atoms with Gasteiger partial charge in [0.1, 0.15) is 11.5 Å². The Morgan fingerprint density at radius 3 is 2.61 bits per heavy atom. The van der Waals surface area contributed by atoms with Crippen molar-refractivity contribution >= 4 is 29.0 Å². The zero-order valence-corrected chi connectivity index (χ0v) is 16.2. The summed E-state index contributed by atoms with van der Waals surface area (Å²) in [6.45, 7) is 2.33. The number of nitrogens with one attached hydrogen (secondary N) is 1. The van der Waals surface area contributed by atoms with Crippen LogP contribution in [0.3, 0.4) is 0 Å². The molecular formula is C20H22ClFN4O2. The van der Waals surface area contributed by atoms with E-state index in [0.29, 0.717) is 17.8 Å². The molecule has 1 aliphatic rings. The van der Waals surface area contributed by atoms with Crippen molar-refractivity contribution in [2.45, 2.75) is 37.6 Å². The monoisotopic (exact) mass is 404 g/mol. The molecule has 5 N–H and O–H groups in total. The van der Waals surface area contributed by atoms with Crippen molar-refractivity contribution < 1.29 is 14.0 Å². The van der Waals surface area contributed by atoms with Crippen molar-refractivity contribution in [3.8, 4) is 0 Å². The molecule has 1 aromatic heterocycles. The zero-order chi connectivity index (χ0) is 20.5. The van der Waals surface area contributed by atoms with Crippen LogP contribution in [0.2, 0.25) is 5.02 Å². The van der Waals surface area contributed by atoms with E-state index in [9.17, 15) is 9.59 Å². The smallest absolute Gasteiger partial charge is 0.218 e. The molecule has 3 rings (SSSR count). The largest absolute Gasteiger partial charge is 0.397 e. The van der Waals surface area contributed by atoms with E-state index in [1.807, 2.05) is 6.92 Å². The van der Waals surface area contributed by atoms with Gasteiger partial charge in [-0.15, -0.1) is 0 Å². The molecule has 1 heterocycles. The lowest BCUT2D eigenvalue weighted by molar-refractivity contribution is -0.118. The van der Waals surface area contributed by atoms with Crippen LogP contribution in [0.5, 0.6) is 0 Å². The molecule has 1 aliphatic carbocycles. The van der Waals surface area contributed by atoms with Crippen LogP contribution in [0, 0.1) is 5.82 Å². The minimum atomic E-state index is -0.627. The Morgan fingerprint density at radius 2 is 2.04 bits per heavy atom. The standard InChI is InChI=1S/C20H22ClFN4O2/c1-11(8-16(24)27)26-10-20(6-7-20)13-3-4-14(21)17(18(13)22)19(28)15-5-2-12(23)9-25-15/h2-5,9,11,26H,6-8,10,23H2,1H3,(H2,24,27)/t11-/m0/s1. The zero-order valence-electron chi connectivity index (χ0n) is 15.5. The number of hydrogen-bond donors (Lipinski definition) is 3. The average Bonchev–Trinajstić information content (AvgIpc) is 3.41. The summed E-state index contributed by atoms with van der Waals surface area (Å²) in [5.41, 5.74) is 11.1. The first-order valence-corrected chi connectivity index (χ1v) is 9.38. The first kappa shape index (κ1) is 20.2. The van der Waals surface area contributed by atoms with E-state index >= 15 is 4.39 Å². The van der Waals surface area contributed by atoms with Crippen LogP contribution < -0.4 is 16.8 Å². The quantitative estimate of drug-likeness (QED) is 0.585. The van der Waals surface area contributed by atoms with Crippen LogP contribution in [0.15, 0.2) is 30.5 Å². The molecule has 0 unspecified atom stereocenters. The summed E-state index contributed by atoms with van der Waals surface area (Å²) in [5.74, 6) is -1.61. The number of nitrogens with two attached hydrogens (primary N) is 2. The molecule has 0 aliphatic heterocycles. The number of ketones is 1. The second kappa shape index (κ2) is 7.85. The van der Waals surface area contributed by atoms with Crippen molar-refractivity contribution in [3.63, 3.8) is 0 Å². The summed E-state index contributed by atoms with van der Waals surface area (Å²) in [7, 11) is 0. The van der Waals surface area contributed by atoms with Crippen LogP contribution in [0.25, 0.3) is 0 Å². The van der Waals surface area contributed by atoms with Gasteiger partial charge in [0.05, 0.1) is 22.5 Å². The van der Waals surface area contributed by atoms with E-state index in [1.54, 1.807) is 6.07 Å². The molecule has 1 fully saturated rings. The molecule has 8 heteroatoms. The summed E-state index contributed by atoms with van der Waals surface area (Å²) in [5, 5.41) is 3.27. The van der Waals surface area contributed by atoms with Crippen LogP contribution in [-0.2, 0) is 10.2 Å². The van der Waals surface area contributed by atoms with E-state index < -0.39 is 22.9 Å². The van der Waals surface area contributed by atoms with Gasteiger partial charge in [-0.05, 0) is 43.5 Å². The highest BCUT2D eigenvalue weighted by Gasteiger charge is 2.46. The van der Waals surface area contributed by atoms with Gasteiger partial charge in [0, 0.05) is 24.4 Å². The summed E-state index contributed by atoms with van der Waals surface area (Å²) >= 11 is 6.15. The predicted molar refractivity (Wildman–Crippen MR) is 106 cm³/mol. The van der Waals surface area contributed by atoms with Gasteiger partial charge in [0.15, 0.2) is 0 Å². The van der Waals surface area contributed by atoms with E-state index in [-0.39, 0.29) is 28.7 Å². The maximum absolute atomic E-state index is 15.4. The number of anilines is 1. The Labute approximate surface area is 167 Å². The second-order valence-corrected chi connectivity index (χ2v) is 7.73. The van der Waals surface area contributed by atoms with Gasteiger partial charge in [-0.3, -0.25) is 14.6 Å². The van der Waals surface area contributed by atoms with Crippen molar-refractivity contribution in [2.24, 2.45) is 5.73 Å². The van der Waals surface area contributed by atoms with Gasteiger partial charge >= 0.3 is 0 Å². The maximum Gasteiger partial charge on any atom is 0.218 e. The lowest BCUT2D eigenvalue weighted by Crippen LogP contribution is -2.37. The number of rotatable bonds is 8. The number of amides is 1. The van der Waals surface area contributed by atoms with Gasteiger partial charge in [-0.2, -0.15) is 0 Å². The average molecular weight is 405 g/mol. The van der Waals surface area contributed by atoms with Crippen LogP contribution in [0.4, 0.5) is 10.1 Å².